The zero-order valence-electron chi connectivity index (χ0n) is 16.5. The van der Waals surface area contributed by atoms with E-state index in [9.17, 15) is 9.59 Å². The van der Waals surface area contributed by atoms with E-state index in [-0.39, 0.29) is 18.4 Å². The molecule has 0 aliphatic heterocycles. The average Bonchev–Trinajstić information content (AvgIpc) is 2.67. The van der Waals surface area contributed by atoms with Crippen molar-refractivity contribution in [3.05, 3.63) is 87.4 Å². The molecule has 3 rings (SSSR count). The quantitative estimate of drug-likeness (QED) is 0.500. The number of benzene rings is 3. The van der Waals surface area contributed by atoms with Gasteiger partial charge in [-0.3, -0.25) is 9.59 Å². The maximum atomic E-state index is 12.5. The van der Waals surface area contributed by atoms with Crippen molar-refractivity contribution in [1.82, 2.24) is 0 Å². The summed E-state index contributed by atoms with van der Waals surface area (Å²) in [6, 6.07) is 17.5. The van der Waals surface area contributed by atoms with Crippen LogP contribution in [0.3, 0.4) is 0 Å². The second-order valence-electron chi connectivity index (χ2n) is 6.72. The van der Waals surface area contributed by atoms with Crippen molar-refractivity contribution >= 4 is 46.4 Å². The molecule has 3 aromatic carbocycles. The summed E-state index contributed by atoms with van der Waals surface area (Å²) in [4.78, 5) is 24.8. The standard InChI is InChI=1S/C23H20Cl2N2O3/c1-14-6-3-4-9-19(14)23(29)27-18-8-5-7-17(12-18)26-21(28)13-30-22-15(2)10-16(24)11-20(22)25/h3-12H,13H2,1-2H3,(H,26,28)(H,27,29). The molecule has 0 aliphatic rings. The predicted molar refractivity (Wildman–Crippen MR) is 121 cm³/mol. The highest BCUT2D eigenvalue weighted by Crippen LogP contribution is 2.31. The van der Waals surface area contributed by atoms with E-state index in [1.807, 2.05) is 25.1 Å². The number of hydrogen-bond donors (Lipinski definition) is 2. The fourth-order valence-corrected chi connectivity index (χ4v) is 3.56. The first-order valence-corrected chi connectivity index (χ1v) is 9.94. The Hall–Kier alpha value is -3.02. The average molecular weight is 443 g/mol. The van der Waals surface area contributed by atoms with Crippen LogP contribution in [0.15, 0.2) is 60.7 Å². The van der Waals surface area contributed by atoms with Crippen LogP contribution in [0.1, 0.15) is 21.5 Å². The largest absolute Gasteiger partial charge is 0.482 e. The van der Waals surface area contributed by atoms with Gasteiger partial charge in [-0.2, -0.15) is 0 Å². The number of amides is 2. The number of nitrogens with one attached hydrogen (secondary N) is 2. The fraction of sp³-hybridized carbons (Fsp3) is 0.130. The molecule has 2 amide bonds. The Morgan fingerprint density at radius 1 is 0.867 bits per heavy atom. The zero-order chi connectivity index (χ0) is 21.7. The van der Waals surface area contributed by atoms with E-state index in [1.54, 1.807) is 49.4 Å². The van der Waals surface area contributed by atoms with E-state index in [1.165, 1.54) is 0 Å². The van der Waals surface area contributed by atoms with Gasteiger partial charge in [0.05, 0.1) is 5.02 Å². The number of aryl methyl sites for hydroxylation is 2. The minimum absolute atomic E-state index is 0.215. The molecule has 0 fully saturated rings. The number of hydrogen-bond acceptors (Lipinski definition) is 3. The summed E-state index contributed by atoms with van der Waals surface area (Å²) in [7, 11) is 0. The molecule has 0 heterocycles. The molecule has 0 unspecified atom stereocenters. The molecule has 0 aliphatic carbocycles. The van der Waals surface area contributed by atoms with Crippen LogP contribution in [0, 0.1) is 13.8 Å². The van der Waals surface area contributed by atoms with Crippen molar-refractivity contribution in [3.63, 3.8) is 0 Å². The fourth-order valence-electron chi connectivity index (χ4n) is 2.91. The molecule has 5 nitrogen and oxygen atoms in total. The van der Waals surface area contributed by atoms with Crippen LogP contribution in [0.5, 0.6) is 5.75 Å². The molecule has 0 saturated carbocycles. The van der Waals surface area contributed by atoms with Gasteiger partial charge in [-0.05, 0) is 61.4 Å². The number of anilines is 2. The lowest BCUT2D eigenvalue weighted by atomic mass is 10.1. The first kappa shape index (κ1) is 21.7. The van der Waals surface area contributed by atoms with Crippen LogP contribution in [-0.4, -0.2) is 18.4 Å². The Bertz CT molecular complexity index is 1080. The number of carbonyl (C=O) groups excluding carboxylic acids is 2. The Balaban J connectivity index is 1.62. The first-order valence-electron chi connectivity index (χ1n) is 9.19. The molecular formula is C23H20Cl2N2O3. The van der Waals surface area contributed by atoms with Gasteiger partial charge in [0.1, 0.15) is 5.75 Å². The SMILES string of the molecule is Cc1ccccc1C(=O)Nc1cccc(NC(=O)COc2c(C)cc(Cl)cc2Cl)c1. The van der Waals surface area contributed by atoms with Crippen molar-refractivity contribution in [3.8, 4) is 5.75 Å². The minimum atomic E-state index is -0.359. The smallest absolute Gasteiger partial charge is 0.262 e. The van der Waals surface area contributed by atoms with Crippen molar-refractivity contribution in [2.45, 2.75) is 13.8 Å². The molecule has 0 aromatic heterocycles. The van der Waals surface area contributed by atoms with E-state index in [0.717, 1.165) is 11.1 Å². The normalized spacial score (nSPS) is 10.4. The second-order valence-corrected chi connectivity index (χ2v) is 7.56. The van der Waals surface area contributed by atoms with Gasteiger partial charge >= 0.3 is 0 Å². The molecule has 0 bridgehead atoms. The van der Waals surface area contributed by atoms with E-state index in [4.69, 9.17) is 27.9 Å². The summed E-state index contributed by atoms with van der Waals surface area (Å²) >= 11 is 12.1. The van der Waals surface area contributed by atoms with E-state index in [2.05, 4.69) is 10.6 Å². The van der Waals surface area contributed by atoms with Gasteiger partial charge in [0, 0.05) is 22.0 Å². The molecule has 0 saturated heterocycles. The molecule has 2 N–H and O–H groups in total. The second kappa shape index (κ2) is 9.65. The van der Waals surface area contributed by atoms with Crippen molar-refractivity contribution in [2.24, 2.45) is 0 Å². The predicted octanol–water partition coefficient (Wildman–Crippen LogP) is 5.88. The molecule has 30 heavy (non-hydrogen) atoms. The molecule has 0 spiro atoms. The molecule has 0 radical (unpaired) electrons. The molecule has 154 valence electrons. The Labute approximate surface area is 185 Å². The molecular weight excluding hydrogens is 423 g/mol. The van der Waals surface area contributed by atoms with Crippen LogP contribution in [0.2, 0.25) is 10.0 Å². The van der Waals surface area contributed by atoms with Crippen LogP contribution in [0.4, 0.5) is 11.4 Å². The zero-order valence-corrected chi connectivity index (χ0v) is 18.0. The Morgan fingerprint density at radius 2 is 1.57 bits per heavy atom. The van der Waals surface area contributed by atoms with Crippen LogP contribution in [-0.2, 0) is 4.79 Å². The maximum Gasteiger partial charge on any atom is 0.262 e. The lowest BCUT2D eigenvalue weighted by molar-refractivity contribution is -0.118. The van der Waals surface area contributed by atoms with E-state index < -0.39 is 0 Å². The highest BCUT2D eigenvalue weighted by molar-refractivity contribution is 6.35. The summed E-state index contributed by atoms with van der Waals surface area (Å²) in [5.74, 6) is -0.161. The highest BCUT2D eigenvalue weighted by atomic mass is 35.5. The monoisotopic (exact) mass is 442 g/mol. The lowest BCUT2D eigenvalue weighted by Crippen LogP contribution is -2.20. The third kappa shape index (κ3) is 5.53. The Kier molecular flexibility index (Phi) is 6.98. The van der Waals surface area contributed by atoms with Crippen LogP contribution >= 0.6 is 23.2 Å². The highest BCUT2D eigenvalue weighted by Gasteiger charge is 2.12. The van der Waals surface area contributed by atoms with Crippen molar-refractivity contribution in [1.29, 1.82) is 0 Å². The van der Waals surface area contributed by atoms with Crippen molar-refractivity contribution < 1.29 is 14.3 Å². The summed E-state index contributed by atoms with van der Waals surface area (Å²) in [5, 5.41) is 6.42. The van der Waals surface area contributed by atoms with Gasteiger partial charge < -0.3 is 15.4 Å². The van der Waals surface area contributed by atoms with Crippen molar-refractivity contribution in [2.75, 3.05) is 17.2 Å². The van der Waals surface area contributed by atoms with Crippen LogP contribution in [0.25, 0.3) is 0 Å². The molecule has 0 atom stereocenters. The topological polar surface area (TPSA) is 67.4 Å². The molecule has 3 aromatic rings. The van der Waals surface area contributed by atoms with Crippen LogP contribution < -0.4 is 15.4 Å². The van der Waals surface area contributed by atoms with E-state index in [0.29, 0.717) is 32.7 Å². The summed E-state index contributed by atoms with van der Waals surface area (Å²) < 4.78 is 5.55. The lowest BCUT2D eigenvalue weighted by Gasteiger charge is -2.12. The number of carbonyl (C=O) groups is 2. The van der Waals surface area contributed by atoms with E-state index >= 15 is 0 Å². The minimum Gasteiger partial charge on any atom is -0.482 e. The van der Waals surface area contributed by atoms with Gasteiger partial charge in [0.2, 0.25) is 0 Å². The summed E-state index contributed by atoms with van der Waals surface area (Å²) in [6.07, 6.45) is 0. The van der Waals surface area contributed by atoms with Gasteiger partial charge in [-0.1, -0.05) is 47.5 Å². The first-order chi connectivity index (χ1) is 14.3. The number of ether oxygens (including phenoxy) is 1. The maximum absolute atomic E-state index is 12.5. The number of halogens is 2. The van der Waals surface area contributed by atoms with Gasteiger partial charge in [0.15, 0.2) is 6.61 Å². The van der Waals surface area contributed by atoms with Gasteiger partial charge in [-0.15, -0.1) is 0 Å². The third-order valence-corrected chi connectivity index (χ3v) is 4.83. The Morgan fingerprint density at radius 3 is 2.27 bits per heavy atom. The third-order valence-electron chi connectivity index (χ3n) is 4.34. The number of rotatable bonds is 6. The van der Waals surface area contributed by atoms with Gasteiger partial charge in [-0.25, -0.2) is 0 Å². The van der Waals surface area contributed by atoms with Gasteiger partial charge in [0.25, 0.3) is 11.8 Å². The molecule has 7 heteroatoms. The summed E-state index contributed by atoms with van der Waals surface area (Å²) in [5.41, 5.74) is 3.31. The summed E-state index contributed by atoms with van der Waals surface area (Å²) in [6.45, 7) is 3.45.